The molecule has 4 heterocycles. The first-order valence-corrected chi connectivity index (χ1v) is 10.2. The van der Waals surface area contributed by atoms with Crippen LogP contribution in [-0.4, -0.2) is 41.0 Å². The van der Waals surface area contributed by atoms with E-state index in [-0.39, 0.29) is 0 Å². The molecule has 4 atom stereocenters. The van der Waals surface area contributed by atoms with E-state index in [4.69, 9.17) is 9.40 Å². The molecule has 3 saturated heterocycles. The van der Waals surface area contributed by atoms with Crippen molar-refractivity contribution in [1.82, 2.24) is 9.88 Å². The molecule has 0 spiro atoms. The molecule has 2 bridgehead atoms. The zero-order valence-electron chi connectivity index (χ0n) is 15.4. The Morgan fingerprint density at radius 3 is 2.92 bits per heavy atom. The molecular weight excluding hydrogens is 326 g/mol. The average Bonchev–Trinajstić information content (AvgIpc) is 3.09. The van der Waals surface area contributed by atoms with Gasteiger partial charge in [-0.3, -0.25) is 4.79 Å². The number of oxazole rings is 1. The van der Waals surface area contributed by atoms with Gasteiger partial charge in [0, 0.05) is 31.6 Å². The van der Waals surface area contributed by atoms with Crippen LogP contribution in [0, 0.1) is 11.8 Å². The topological polar surface area (TPSA) is 49.6 Å². The summed E-state index contributed by atoms with van der Waals surface area (Å²) < 4.78 is 6.06. The fourth-order valence-electron chi connectivity index (χ4n) is 5.59. The first kappa shape index (κ1) is 16.2. The minimum atomic E-state index is 0.390. The predicted molar refractivity (Wildman–Crippen MR) is 101 cm³/mol. The Hall–Kier alpha value is -2.04. The zero-order valence-corrected chi connectivity index (χ0v) is 15.4. The van der Waals surface area contributed by atoms with Gasteiger partial charge in [-0.05, 0) is 49.7 Å². The van der Waals surface area contributed by atoms with Crippen molar-refractivity contribution in [3.63, 3.8) is 0 Å². The van der Waals surface area contributed by atoms with Crippen LogP contribution in [-0.2, 0) is 4.79 Å². The van der Waals surface area contributed by atoms with Crippen molar-refractivity contribution in [2.75, 3.05) is 18.0 Å². The Morgan fingerprint density at radius 2 is 2.08 bits per heavy atom. The number of hydrogen-bond donors (Lipinski definition) is 0. The van der Waals surface area contributed by atoms with Crippen molar-refractivity contribution in [3.05, 3.63) is 24.3 Å². The molecule has 3 aliphatic rings. The maximum absolute atomic E-state index is 12.7. The quantitative estimate of drug-likeness (QED) is 0.841. The number of fused-ring (bicyclic) bond motifs is 5. The number of piperidine rings is 3. The summed E-state index contributed by atoms with van der Waals surface area (Å²) >= 11 is 0. The second-order valence-corrected chi connectivity index (χ2v) is 8.24. The van der Waals surface area contributed by atoms with E-state index in [1.54, 1.807) is 0 Å². The predicted octanol–water partition coefficient (Wildman–Crippen LogP) is 3.83. The van der Waals surface area contributed by atoms with Crippen molar-refractivity contribution < 1.29 is 9.21 Å². The molecule has 1 aromatic heterocycles. The first-order valence-electron chi connectivity index (χ1n) is 10.2. The van der Waals surface area contributed by atoms with E-state index >= 15 is 0 Å². The van der Waals surface area contributed by atoms with E-state index in [0.717, 1.165) is 62.3 Å². The molecular formula is C21H27N3O2. The highest BCUT2D eigenvalue weighted by molar-refractivity contribution is 5.78. The molecule has 1 amide bonds. The number of benzene rings is 1. The summed E-state index contributed by atoms with van der Waals surface area (Å²) in [4.78, 5) is 22.1. The Kier molecular flexibility index (Phi) is 3.91. The molecule has 138 valence electrons. The van der Waals surface area contributed by atoms with E-state index in [9.17, 15) is 4.79 Å². The number of carbonyl (C=O) groups is 1. The first-order chi connectivity index (χ1) is 12.7. The highest BCUT2D eigenvalue weighted by Crippen LogP contribution is 2.43. The van der Waals surface area contributed by atoms with Crippen LogP contribution in [0.1, 0.15) is 45.4 Å². The zero-order chi connectivity index (χ0) is 17.7. The number of aromatic nitrogens is 1. The van der Waals surface area contributed by atoms with E-state index in [2.05, 4.69) is 16.7 Å². The van der Waals surface area contributed by atoms with Gasteiger partial charge < -0.3 is 14.2 Å². The Balaban J connectivity index is 1.47. The molecule has 3 aliphatic heterocycles. The van der Waals surface area contributed by atoms with Crippen molar-refractivity contribution >= 4 is 23.0 Å². The van der Waals surface area contributed by atoms with E-state index in [0.29, 0.717) is 29.8 Å². The van der Waals surface area contributed by atoms with E-state index < -0.39 is 0 Å². The number of para-hydroxylation sites is 2. The highest BCUT2D eigenvalue weighted by atomic mass is 16.4. The van der Waals surface area contributed by atoms with E-state index in [1.807, 2.05) is 24.3 Å². The molecule has 0 unspecified atom stereocenters. The summed E-state index contributed by atoms with van der Waals surface area (Å²) in [5, 5.41) is 0. The van der Waals surface area contributed by atoms with Gasteiger partial charge in [-0.2, -0.15) is 4.98 Å². The third-order valence-corrected chi connectivity index (χ3v) is 6.63. The van der Waals surface area contributed by atoms with E-state index in [1.165, 1.54) is 6.42 Å². The molecule has 0 N–H and O–H groups in total. The Morgan fingerprint density at radius 1 is 1.23 bits per heavy atom. The molecule has 2 aromatic rings. The Bertz CT molecular complexity index is 783. The maximum atomic E-state index is 12.7. The number of hydrogen-bond acceptors (Lipinski definition) is 4. The molecule has 1 aromatic carbocycles. The van der Waals surface area contributed by atoms with Crippen molar-refractivity contribution in [2.24, 2.45) is 11.8 Å². The summed E-state index contributed by atoms with van der Waals surface area (Å²) in [6.45, 7) is 4.14. The van der Waals surface area contributed by atoms with Gasteiger partial charge in [0.15, 0.2) is 5.58 Å². The lowest BCUT2D eigenvalue weighted by molar-refractivity contribution is -0.149. The average molecular weight is 353 g/mol. The molecule has 0 saturated carbocycles. The van der Waals surface area contributed by atoms with Crippen molar-refractivity contribution in [3.8, 4) is 0 Å². The van der Waals surface area contributed by atoms with Crippen LogP contribution in [0.3, 0.4) is 0 Å². The second-order valence-electron chi connectivity index (χ2n) is 8.24. The van der Waals surface area contributed by atoms with Crippen LogP contribution >= 0.6 is 0 Å². The van der Waals surface area contributed by atoms with Crippen molar-refractivity contribution in [1.29, 1.82) is 0 Å². The van der Waals surface area contributed by atoms with Gasteiger partial charge in [0.2, 0.25) is 5.91 Å². The molecule has 0 aliphatic carbocycles. The fourth-order valence-corrected chi connectivity index (χ4v) is 5.59. The largest absolute Gasteiger partial charge is 0.423 e. The van der Waals surface area contributed by atoms with Crippen LogP contribution in [0.5, 0.6) is 0 Å². The molecule has 5 rings (SSSR count). The summed E-state index contributed by atoms with van der Waals surface area (Å²) in [6, 6.07) is 9.55. The summed E-state index contributed by atoms with van der Waals surface area (Å²) in [5.41, 5.74) is 1.79. The lowest BCUT2D eigenvalue weighted by atomic mass is 9.71. The number of nitrogens with zero attached hydrogens (tertiary/aromatic N) is 3. The van der Waals surface area contributed by atoms with Gasteiger partial charge in [-0.15, -0.1) is 0 Å². The SMILES string of the molecule is CCC[C@H]1[C@H]2C[C@H](CN(c3nc4ccccc4o3)C2)[C@@H]2CCCC(=O)N21. The van der Waals surface area contributed by atoms with Crippen LogP contribution in [0.25, 0.3) is 11.1 Å². The minimum absolute atomic E-state index is 0.390. The molecule has 26 heavy (non-hydrogen) atoms. The molecule has 3 fully saturated rings. The lowest BCUT2D eigenvalue weighted by Crippen LogP contribution is -2.65. The number of amides is 1. The standard InChI is InChI=1S/C21H27N3O2/c1-2-6-17-14-11-15(18-8-5-10-20(25)24(17)18)13-23(12-14)21-22-16-7-3-4-9-19(16)26-21/h3-4,7,9,14-15,17-18H,2,5-6,8,10-13H2,1H3/t14-,15+,17-,18-/m0/s1. The molecule has 5 heteroatoms. The summed E-state index contributed by atoms with van der Waals surface area (Å²) in [5.74, 6) is 1.47. The lowest BCUT2D eigenvalue weighted by Gasteiger charge is -2.56. The number of rotatable bonds is 3. The minimum Gasteiger partial charge on any atom is -0.423 e. The smallest absolute Gasteiger partial charge is 0.298 e. The highest BCUT2D eigenvalue weighted by Gasteiger charge is 2.49. The second kappa shape index (κ2) is 6.29. The van der Waals surface area contributed by atoms with Gasteiger partial charge >= 0.3 is 0 Å². The van der Waals surface area contributed by atoms with Gasteiger partial charge in [0.1, 0.15) is 5.52 Å². The van der Waals surface area contributed by atoms with Crippen LogP contribution < -0.4 is 4.90 Å². The van der Waals surface area contributed by atoms with Crippen LogP contribution in [0.2, 0.25) is 0 Å². The van der Waals surface area contributed by atoms with Gasteiger partial charge in [0.05, 0.1) is 0 Å². The Labute approximate surface area is 154 Å². The normalized spacial score (nSPS) is 31.3. The number of carbonyl (C=O) groups excluding carboxylic acids is 1. The molecule has 5 nitrogen and oxygen atoms in total. The fraction of sp³-hybridized carbons (Fsp3) is 0.619. The van der Waals surface area contributed by atoms with Gasteiger partial charge in [-0.25, -0.2) is 0 Å². The monoisotopic (exact) mass is 353 g/mol. The molecule has 0 radical (unpaired) electrons. The maximum Gasteiger partial charge on any atom is 0.298 e. The van der Waals surface area contributed by atoms with Crippen LogP contribution in [0.15, 0.2) is 28.7 Å². The summed E-state index contributed by atoms with van der Waals surface area (Å²) in [6.07, 6.45) is 6.43. The van der Waals surface area contributed by atoms with Crippen molar-refractivity contribution in [2.45, 2.75) is 57.5 Å². The third kappa shape index (κ3) is 2.51. The summed E-state index contributed by atoms with van der Waals surface area (Å²) in [7, 11) is 0. The van der Waals surface area contributed by atoms with Crippen LogP contribution in [0.4, 0.5) is 6.01 Å². The van der Waals surface area contributed by atoms with Gasteiger partial charge in [-0.1, -0.05) is 25.5 Å². The number of anilines is 1. The van der Waals surface area contributed by atoms with Gasteiger partial charge in [0.25, 0.3) is 6.01 Å². The third-order valence-electron chi connectivity index (χ3n) is 6.63.